The van der Waals surface area contributed by atoms with Crippen LogP contribution in [0.1, 0.15) is 11.1 Å². The van der Waals surface area contributed by atoms with E-state index >= 15 is 0 Å². The smallest absolute Gasteiger partial charge is 0.149 e. The summed E-state index contributed by atoms with van der Waals surface area (Å²) in [5.74, 6) is -0.691. The summed E-state index contributed by atoms with van der Waals surface area (Å²) in [6.45, 7) is 0. The molecule has 0 aliphatic carbocycles. The fraction of sp³-hybridized carbons (Fsp3) is 0.0769. The van der Waals surface area contributed by atoms with Gasteiger partial charge in [0.2, 0.25) is 0 Å². The molecule has 0 heterocycles. The van der Waals surface area contributed by atoms with E-state index in [1.807, 2.05) is 0 Å². The molecule has 16 heavy (non-hydrogen) atoms. The van der Waals surface area contributed by atoms with Crippen LogP contribution in [0.25, 0.3) is 0 Å². The van der Waals surface area contributed by atoms with E-state index in [1.165, 1.54) is 18.2 Å². The largest absolute Gasteiger partial charge is 0.396 e. The predicted octanol–water partition coefficient (Wildman–Crippen LogP) is 3.14. The van der Waals surface area contributed by atoms with Crippen molar-refractivity contribution in [2.45, 2.75) is 6.42 Å². The summed E-state index contributed by atoms with van der Waals surface area (Å²) in [4.78, 5) is 0. The third kappa shape index (κ3) is 2.19. The molecule has 0 radical (unpaired) electrons. The van der Waals surface area contributed by atoms with Gasteiger partial charge in [-0.1, -0.05) is 24.3 Å². The minimum absolute atomic E-state index is 0.139. The average molecular weight is 219 g/mol. The van der Waals surface area contributed by atoms with Crippen LogP contribution in [0.4, 0.5) is 14.5 Å². The number of hydrogen-bond acceptors (Lipinski definition) is 1. The van der Waals surface area contributed by atoms with Crippen molar-refractivity contribution in [1.29, 1.82) is 0 Å². The first-order chi connectivity index (χ1) is 7.66. The highest BCUT2D eigenvalue weighted by atomic mass is 19.1. The molecule has 2 aromatic carbocycles. The fourth-order valence-corrected chi connectivity index (χ4v) is 1.56. The summed E-state index contributed by atoms with van der Waals surface area (Å²) in [5, 5.41) is 0. The maximum absolute atomic E-state index is 13.6. The van der Waals surface area contributed by atoms with Gasteiger partial charge in [0.15, 0.2) is 0 Å². The Morgan fingerprint density at radius 2 is 1.62 bits per heavy atom. The molecule has 0 atom stereocenters. The van der Waals surface area contributed by atoms with E-state index < -0.39 is 5.82 Å². The first-order valence-electron chi connectivity index (χ1n) is 4.94. The summed E-state index contributed by atoms with van der Waals surface area (Å²) in [6.07, 6.45) is 0.414. The lowest BCUT2D eigenvalue weighted by atomic mass is 10.0. The van der Waals surface area contributed by atoms with Crippen LogP contribution in [0.2, 0.25) is 0 Å². The van der Waals surface area contributed by atoms with Crippen molar-refractivity contribution in [3.8, 4) is 0 Å². The second kappa shape index (κ2) is 4.31. The number of rotatable bonds is 2. The molecule has 0 amide bonds. The Bertz CT molecular complexity index is 492. The SMILES string of the molecule is Nc1cccc(Cc2ccc(F)cc2)c1F. The first kappa shape index (κ1) is 10.6. The van der Waals surface area contributed by atoms with Gasteiger partial charge in [-0.25, -0.2) is 8.78 Å². The van der Waals surface area contributed by atoms with Crippen LogP contribution in [0, 0.1) is 11.6 Å². The zero-order valence-electron chi connectivity index (χ0n) is 8.58. The minimum atomic E-state index is -0.396. The Labute approximate surface area is 92.5 Å². The second-order valence-electron chi connectivity index (χ2n) is 3.62. The topological polar surface area (TPSA) is 26.0 Å². The van der Waals surface area contributed by atoms with Crippen molar-refractivity contribution < 1.29 is 8.78 Å². The highest BCUT2D eigenvalue weighted by Crippen LogP contribution is 2.18. The Balaban J connectivity index is 2.27. The van der Waals surface area contributed by atoms with Crippen LogP contribution in [-0.4, -0.2) is 0 Å². The van der Waals surface area contributed by atoms with E-state index in [2.05, 4.69) is 0 Å². The molecule has 0 fully saturated rings. The van der Waals surface area contributed by atoms with Crippen molar-refractivity contribution in [3.05, 3.63) is 65.2 Å². The Morgan fingerprint density at radius 3 is 2.31 bits per heavy atom. The molecule has 2 N–H and O–H groups in total. The van der Waals surface area contributed by atoms with Crippen LogP contribution in [0.3, 0.4) is 0 Å². The Kier molecular flexibility index (Phi) is 2.86. The standard InChI is InChI=1S/C13H11F2N/c14-11-6-4-9(5-7-11)8-10-2-1-3-12(16)13(10)15/h1-7H,8,16H2. The molecular formula is C13H11F2N. The number of benzene rings is 2. The minimum Gasteiger partial charge on any atom is -0.396 e. The van der Waals surface area contributed by atoms with Crippen LogP contribution in [0.5, 0.6) is 0 Å². The molecule has 0 unspecified atom stereocenters. The van der Waals surface area contributed by atoms with Gasteiger partial charge >= 0.3 is 0 Å². The molecule has 1 nitrogen and oxygen atoms in total. The van der Waals surface area contributed by atoms with Crippen LogP contribution >= 0.6 is 0 Å². The summed E-state index contributed by atoms with van der Waals surface area (Å²) < 4.78 is 26.2. The van der Waals surface area contributed by atoms with Gasteiger partial charge in [-0.3, -0.25) is 0 Å². The third-order valence-electron chi connectivity index (χ3n) is 2.42. The fourth-order valence-electron chi connectivity index (χ4n) is 1.56. The number of nitrogens with two attached hydrogens (primary N) is 1. The second-order valence-corrected chi connectivity index (χ2v) is 3.62. The summed E-state index contributed by atoms with van der Waals surface area (Å²) in [7, 11) is 0. The number of nitrogen functional groups attached to an aromatic ring is 1. The van der Waals surface area contributed by atoms with E-state index in [1.54, 1.807) is 24.3 Å². The zero-order valence-corrected chi connectivity index (χ0v) is 8.58. The lowest BCUT2D eigenvalue weighted by molar-refractivity contribution is 0.617. The molecule has 0 saturated heterocycles. The van der Waals surface area contributed by atoms with Gasteiger partial charge in [-0.15, -0.1) is 0 Å². The molecule has 0 aromatic heterocycles. The van der Waals surface area contributed by atoms with Crippen molar-refractivity contribution in [2.75, 3.05) is 5.73 Å². The maximum atomic E-state index is 13.6. The van der Waals surface area contributed by atoms with E-state index in [0.717, 1.165) is 5.56 Å². The van der Waals surface area contributed by atoms with Crippen LogP contribution in [0.15, 0.2) is 42.5 Å². The predicted molar refractivity (Wildman–Crippen MR) is 60.0 cm³/mol. The summed E-state index contributed by atoms with van der Waals surface area (Å²) in [5.41, 5.74) is 6.97. The van der Waals surface area contributed by atoms with E-state index in [0.29, 0.717) is 12.0 Å². The van der Waals surface area contributed by atoms with Gasteiger partial charge in [-0.2, -0.15) is 0 Å². The first-order valence-corrected chi connectivity index (χ1v) is 4.94. The molecule has 0 aliphatic heterocycles. The molecule has 3 heteroatoms. The Morgan fingerprint density at radius 1 is 0.938 bits per heavy atom. The molecule has 0 saturated carbocycles. The van der Waals surface area contributed by atoms with Gasteiger partial charge in [0.05, 0.1) is 5.69 Å². The van der Waals surface area contributed by atoms with E-state index in [9.17, 15) is 8.78 Å². The zero-order chi connectivity index (χ0) is 11.5. The quantitative estimate of drug-likeness (QED) is 0.771. The van der Waals surface area contributed by atoms with Gasteiger partial charge in [0, 0.05) is 6.42 Å². The number of halogens is 2. The molecular weight excluding hydrogens is 208 g/mol. The lowest BCUT2D eigenvalue weighted by Gasteiger charge is -2.05. The Hall–Kier alpha value is -1.90. The van der Waals surface area contributed by atoms with E-state index in [4.69, 9.17) is 5.73 Å². The number of anilines is 1. The van der Waals surface area contributed by atoms with Crippen molar-refractivity contribution in [1.82, 2.24) is 0 Å². The summed E-state index contributed by atoms with van der Waals surface area (Å²) in [6, 6.07) is 10.9. The van der Waals surface area contributed by atoms with Crippen LogP contribution < -0.4 is 5.73 Å². The molecule has 82 valence electrons. The average Bonchev–Trinajstić information content (AvgIpc) is 2.28. The van der Waals surface area contributed by atoms with Gasteiger partial charge in [0.25, 0.3) is 0 Å². The highest BCUT2D eigenvalue weighted by molar-refractivity contribution is 5.44. The van der Waals surface area contributed by atoms with Gasteiger partial charge in [0.1, 0.15) is 11.6 Å². The molecule has 2 aromatic rings. The summed E-state index contributed by atoms with van der Waals surface area (Å²) >= 11 is 0. The van der Waals surface area contributed by atoms with Crippen molar-refractivity contribution in [2.24, 2.45) is 0 Å². The lowest BCUT2D eigenvalue weighted by Crippen LogP contribution is -1.97. The normalized spacial score (nSPS) is 10.4. The molecule has 0 bridgehead atoms. The third-order valence-corrected chi connectivity index (χ3v) is 2.42. The van der Waals surface area contributed by atoms with Gasteiger partial charge in [-0.05, 0) is 29.3 Å². The monoisotopic (exact) mass is 219 g/mol. The number of hydrogen-bond donors (Lipinski definition) is 1. The molecule has 0 aliphatic rings. The van der Waals surface area contributed by atoms with Crippen molar-refractivity contribution >= 4 is 5.69 Å². The van der Waals surface area contributed by atoms with Crippen molar-refractivity contribution in [3.63, 3.8) is 0 Å². The van der Waals surface area contributed by atoms with Gasteiger partial charge < -0.3 is 5.73 Å². The van der Waals surface area contributed by atoms with E-state index in [-0.39, 0.29) is 11.5 Å². The highest BCUT2D eigenvalue weighted by Gasteiger charge is 2.05. The van der Waals surface area contributed by atoms with Crippen LogP contribution in [-0.2, 0) is 6.42 Å². The molecule has 2 rings (SSSR count). The maximum Gasteiger partial charge on any atom is 0.149 e. The molecule has 0 spiro atoms.